The molecule has 1 aliphatic heterocycles. The Morgan fingerprint density at radius 1 is 1.25 bits per heavy atom. The van der Waals surface area contributed by atoms with Gasteiger partial charge in [0.25, 0.3) is 11.5 Å². The van der Waals surface area contributed by atoms with Crippen LogP contribution in [0.2, 0.25) is 5.02 Å². The van der Waals surface area contributed by atoms with Gasteiger partial charge in [0, 0.05) is 43.4 Å². The summed E-state index contributed by atoms with van der Waals surface area (Å²) in [5, 5.41) is 13.7. The molecule has 36 heavy (non-hydrogen) atoms. The lowest BCUT2D eigenvalue weighted by molar-refractivity contribution is -0.122. The highest BCUT2D eigenvalue weighted by Crippen LogP contribution is 2.35. The van der Waals surface area contributed by atoms with Crippen molar-refractivity contribution in [1.29, 1.82) is 5.26 Å². The number of carbonyl (C=O) groups excluding carboxylic acids is 1. The van der Waals surface area contributed by atoms with E-state index < -0.39 is 0 Å². The van der Waals surface area contributed by atoms with Gasteiger partial charge in [-0.25, -0.2) is 0 Å². The minimum absolute atomic E-state index is 0.0604. The number of benzene rings is 1. The minimum Gasteiger partial charge on any atom is -0.382 e. The van der Waals surface area contributed by atoms with Crippen molar-refractivity contribution in [3.05, 3.63) is 66.8 Å². The molecular formula is C26H29ClN4O3S2. The third kappa shape index (κ3) is 6.19. The summed E-state index contributed by atoms with van der Waals surface area (Å²) in [7, 11) is 0. The second kappa shape index (κ2) is 13.1. The van der Waals surface area contributed by atoms with Gasteiger partial charge < -0.3 is 10.1 Å². The van der Waals surface area contributed by atoms with E-state index in [1.807, 2.05) is 32.0 Å². The molecule has 0 spiro atoms. The van der Waals surface area contributed by atoms with Crippen molar-refractivity contribution in [2.24, 2.45) is 0 Å². The number of hydrogen-bond acceptors (Lipinski definition) is 7. The fraction of sp³-hybridized carbons (Fsp3) is 0.385. The summed E-state index contributed by atoms with van der Waals surface area (Å²) in [6, 6.07) is 9.51. The van der Waals surface area contributed by atoms with Crippen molar-refractivity contribution in [2.45, 2.75) is 46.7 Å². The highest BCUT2D eigenvalue weighted by Gasteiger charge is 2.32. The first-order valence-electron chi connectivity index (χ1n) is 11.8. The first kappa shape index (κ1) is 27.9. The number of nitrogens with one attached hydrogen (secondary N) is 1. The van der Waals surface area contributed by atoms with E-state index in [1.54, 1.807) is 28.5 Å². The third-order valence-electron chi connectivity index (χ3n) is 5.75. The monoisotopic (exact) mass is 544 g/mol. The van der Waals surface area contributed by atoms with Crippen LogP contribution >= 0.6 is 35.6 Å². The van der Waals surface area contributed by atoms with Gasteiger partial charge >= 0.3 is 0 Å². The van der Waals surface area contributed by atoms with Crippen LogP contribution in [0.1, 0.15) is 48.9 Å². The molecule has 1 saturated heterocycles. The smallest absolute Gasteiger partial charge is 0.270 e. The molecule has 1 aromatic carbocycles. The molecule has 2 heterocycles. The summed E-state index contributed by atoms with van der Waals surface area (Å²) in [5.41, 5.74) is 1.69. The Bertz CT molecular complexity index is 1280. The van der Waals surface area contributed by atoms with Crippen molar-refractivity contribution in [3.63, 3.8) is 0 Å². The molecule has 0 atom stereocenters. The van der Waals surface area contributed by atoms with Gasteiger partial charge in [-0.15, -0.1) is 0 Å². The number of nitrogens with zero attached hydrogens (tertiary/aromatic N) is 3. The van der Waals surface area contributed by atoms with Gasteiger partial charge in [-0.1, -0.05) is 60.7 Å². The molecule has 0 radical (unpaired) electrons. The third-order valence-corrected chi connectivity index (χ3v) is 7.50. The van der Waals surface area contributed by atoms with E-state index in [2.05, 4.69) is 11.4 Å². The second-order valence-electron chi connectivity index (χ2n) is 8.16. The number of rotatable bonds is 11. The van der Waals surface area contributed by atoms with Gasteiger partial charge in [-0.2, -0.15) is 5.26 Å². The van der Waals surface area contributed by atoms with Crippen LogP contribution in [0.3, 0.4) is 0 Å². The standard InChI is InChI=1S/C26H29ClN4O3S2/c1-4-11-30-23(29-16-18-9-6-7-10-21(18)27)19(17(3)20(15-28)24(30)32)14-22-25(33)31(26(35)36-22)12-8-13-34-5-2/h6-7,9-10,14,29H,4-5,8,11-13,16H2,1-3H3/b22-14+. The normalized spacial score (nSPS) is 14.5. The highest BCUT2D eigenvalue weighted by atomic mass is 35.5. The fourth-order valence-corrected chi connectivity index (χ4v) is 5.40. The topological polar surface area (TPSA) is 87.4 Å². The molecule has 1 aromatic heterocycles. The Hall–Kier alpha value is -2.64. The van der Waals surface area contributed by atoms with Crippen LogP contribution in [0, 0.1) is 18.3 Å². The van der Waals surface area contributed by atoms with Crippen LogP contribution in [-0.4, -0.2) is 39.5 Å². The second-order valence-corrected chi connectivity index (χ2v) is 10.2. The zero-order valence-corrected chi connectivity index (χ0v) is 23.0. The van der Waals surface area contributed by atoms with Crippen LogP contribution in [-0.2, 0) is 22.6 Å². The van der Waals surface area contributed by atoms with Crippen molar-refractivity contribution >= 4 is 57.7 Å². The Morgan fingerprint density at radius 2 is 2.00 bits per heavy atom. The maximum atomic E-state index is 13.2. The van der Waals surface area contributed by atoms with Gasteiger partial charge in [0.05, 0.1) is 4.91 Å². The number of amides is 1. The Morgan fingerprint density at radius 3 is 2.67 bits per heavy atom. The molecule has 190 valence electrons. The predicted octanol–water partition coefficient (Wildman–Crippen LogP) is 5.33. The zero-order chi connectivity index (χ0) is 26.2. The summed E-state index contributed by atoms with van der Waals surface area (Å²) < 4.78 is 7.43. The highest BCUT2D eigenvalue weighted by molar-refractivity contribution is 8.26. The number of carbonyl (C=O) groups is 1. The summed E-state index contributed by atoms with van der Waals surface area (Å²) >= 11 is 13.0. The number of thioether (sulfide) groups is 1. The molecule has 3 rings (SSSR count). The van der Waals surface area contributed by atoms with E-state index >= 15 is 0 Å². The predicted molar refractivity (Wildman–Crippen MR) is 150 cm³/mol. The van der Waals surface area contributed by atoms with Crippen molar-refractivity contribution in [2.75, 3.05) is 25.1 Å². The Kier molecular flexibility index (Phi) is 10.1. The summed E-state index contributed by atoms with van der Waals surface area (Å²) in [4.78, 5) is 28.4. The van der Waals surface area contributed by atoms with Crippen LogP contribution in [0.5, 0.6) is 0 Å². The largest absolute Gasteiger partial charge is 0.382 e. The molecule has 2 aromatic rings. The number of ether oxygens (including phenoxy) is 1. The van der Waals surface area contributed by atoms with E-state index in [1.165, 1.54) is 11.8 Å². The molecule has 7 nitrogen and oxygen atoms in total. The van der Waals surface area contributed by atoms with Crippen molar-refractivity contribution < 1.29 is 9.53 Å². The van der Waals surface area contributed by atoms with Crippen LogP contribution in [0.25, 0.3) is 6.08 Å². The summed E-state index contributed by atoms with van der Waals surface area (Å²) in [6.45, 7) is 8.04. The van der Waals surface area contributed by atoms with Gasteiger partial charge in [0.1, 0.15) is 21.8 Å². The number of aromatic nitrogens is 1. The first-order valence-corrected chi connectivity index (χ1v) is 13.4. The van der Waals surface area contributed by atoms with E-state index in [0.717, 1.165) is 5.56 Å². The Balaban J connectivity index is 2.06. The summed E-state index contributed by atoms with van der Waals surface area (Å²) in [6.07, 6.45) is 3.10. The quantitative estimate of drug-likeness (QED) is 0.232. The SMILES string of the molecule is CCCn1c(NCc2ccccc2Cl)c(/C=C2/SC(=S)N(CCCOCC)C2=O)c(C)c(C#N)c1=O. The molecule has 1 fully saturated rings. The van der Waals surface area contributed by atoms with Gasteiger partial charge in [0.2, 0.25) is 0 Å². The number of nitriles is 1. The molecule has 0 saturated carbocycles. The van der Waals surface area contributed by atoms with Crippen LogP contribution in [0.15, 0.2) is 34.0 Å². The molecule has 0 bridgehead atoms. The van der Waals surface area contributed by atoms with E-state index in [-0.39, 0.29) is 17.0 Å². The Labute approximate surface area is 226 Å². The van der Waals surface area contributed by atoms with Crippen LogP contribution < -0.4 is 10.9 Å². The molecular weight excluding hydrogens is 516 g/mol. The van der Waals surface area contributed by atoms with Gasteiger partial charge in [-0.05, 0) is 50.0 Å². The number of hydrogen-bond donors (Lipinski definition) is 1. The summed E-state index contributed by atoms with van der Waals surface area (Å²) in [5.74, 6) is 0.351. The van der Waals surface area contributed by atoms with Gasteiger partial charge in [0.15, 0.2) is 0 Å². The maximum Gasteiger partial charge on any atom is 0.270 e. The first-order chi connectivity index (χ1) is 17.3. The lowest BCUT2D eigenvalue weighted by Gasteiger charge is -2.20. The van der Waals surface area contributed by atoms with E-state index in [4.69, 9.17) is 28.6 Å². The molecule has 1 amide bonds. The fourth-order valence-electron chi connectivity index (χ4n) is 3.90. The maximum absolute atomic E-state index is 13.2. The number of thiocarbonyl (C=S) groups is 1. The lowest BCUT2D eigenvalue weighted by Crippen LogP contribution is -2.30. The van der Waals surface area contributed by atoms with E-state index in [9.17, 15) is 14.9 Å². The molecule has 1 N–H and O–H groups in total. The minimum atomic E-state index is -0.362. The van der Waals surface area contributed by atoms with Crippen molar-refractivity contribution in [1.82, 2.24) is 9.47 Å². The molecule has 0 unspecified atom stereocenters. The number of pyridine rings is 1. The van der Waals surface area contributed by atoms with Crippen LogP contribution in [0.4, 0.5) is 5.82 Å². The lowest BCUT2D eigenvalue weighted by atomic mass is 10.0. The number of anilines is 1. The number of halogens is 1. The molecule has 0 aliphatic carbocycles. The average Bonchev–Trinajstić information content (AvgIpc) is 3.12. The van der Waals surface area contributed by atoms with E-state index in [0.29, 0.717) is 76.9 Å². The molecule has 1 aliphatic rings. The van der Waals surface area contributed by atoms with Crippen molar-refractivity contribution in [3.8, 4) is 6.07 Å². The zero-order valence-electron chi connectivity index (χ0n) is 20.6. The molecule has 10 heteroatoms. The van der Waals surface area contributed by atoms with Gasteiger partial charge in [-0.3, -0.25) is 19.1 Å². The average molecular weight is 545 g/mol.